The van der Waals surface area contributed by atoms with Gasteiger partial charge in [-0.25, -0.2) is 0 Å². The van der Waals surface area contributed by atoms with E-state index in [1.54, 1.807) is 7.11 Å². The Kier molecular flexibility index (Phi) is 16.0. The highest BCUT2D eigenvalue weighted by molar-refractivity contribution is 5.69. The summed E-state index contributed by atoms with van der Waals surface area (Å²) in [7, 11) is 1.61. The number of hydrogen-bond donors (Lipinski definition) is 0. The molecule has 0 aromatic rings. The van der Waals surface area contributed by atoms with Gasteiger partial charge in [0.25, 0.3) is 0 Å². The van der Waals surface area contributed by atoms with Crippen molar-refractivity contribution in [3.63, 3.8) is 0 Å². The van der Waals surface area contributed by atoms with E-state index in [1.807, 2.05) is 0 Å². The molecule has 0 aliphatic heterocycles. The topological polar surface area (TPSA) is 35.5 Å². The largest absolute Gasteiger partial charge is 0.463 e. The second-order valence-electron chi connectivity index (χ2n) is 5.50. The van der Waals surface area contributed by atoms with Crippen molar-refractivity contribution in [2.24, 2.45) is 0 Å². The first kappa shape index (κ1) is 19.4. The Morgan fingerprint density at radius 2 is 1.25 bits per heavy atom. The average molecular weight is 286 g/mol. The number of rotatable bonds is 15. The van der Waals surface area contributed by atoms with Gasteiger partial charge in [0, 0.05) is 13.5 Å². The molecule has 0 saturated heterocycles. The summed E-state index contributed by atoms with van der Waals surface area (Å²) < 4.78 is 9.84. The number of esters is 1. The maximum atomic E-state index is 11.3. The van der Waals surface area contributed by atoms with Gasteiger partial charge in [0.2, 0.25) is 0 Å². The van der Waals surface area contributed by atoms with Crippen LogP contribution in [0.1, 0.15) is 84.0 Å². The van der Waals surface area contributed by atoms with Gasteiger partial charge in [0.1, 0.15) is 6.61 Å². The molecule has 0 bridgehead atoms. The van der Waals surface area contributed by atoms with Crippen molar-refractivity contribution in [2.45, 2.75) is 84.0 Å². The second kappa shape index (κ2) is 16.5. The van der Waals surface area contributed by atoms with Crippen LogP contribution in [0.15, 0.2) is 0 Å². The number of unbranched alkanes of at least 4 members (excludes halogenated alkanes) is 10. The Morgan fingerprint density at radius 1 is 0.750 bits per heavy atom. The molecule has 0 rings (SSSR count). The molecule has 3 nitrogen and oxygen atoms in total. The summed E-state index contributed by atoms with van der Waals surface area (Å²) >= 11 is 0. The summed E-state index contributed by atoms with van der Waals surface area (Å²) in [5.74, 6) is -0.0852. The first-order valence-electron chi connectivity index (χ1n) is 8.45. The first-order chi connectivity index (χ1) is 9.81. The highest BCUT2D eigenvalue weighted by Crippen LogP contribution is 2.12. The molecule has 0 atom stereocenters. The molecule has 0 saturated carbocycles. The standard InChI is InChI=1S/C17H34O3/c1-3-4-5-6-7-8-9-10-11-12-13-14-17(18)20-16-15-19-2/h3-16H2,1-2H3. The van der Waals surface area contributed by atoms with Gasteiger partial charge in [-0.1, -0.05) is 71.1 Å². The maximum absolute atomic E-state index is 11.3. The molecule has 0 N–H and O–H groups in total. The van der Waals surface area contributed by atoms with Crippen LogP contribution in [0.2, 0.25) is 0 Å². The summed E-state index contributed by atoms with van der Waals surface area (Å²) in [4.78, 5) is 11.3. The van der Waals surface area contributed by atoms with E-state index in [4.69, 9.17) is 9.47 Å². The van der Waals surface area contributed by atoms with Gasteiger partial charge >= 0.3 is 5.97 Å². The zero-order chi connectivity index (χ0) is 14.9. The van der Waals surface area contributed by atoms with E-state index in [2.05, 4.69) is 6.92 Å². The third-order valence-electron chi connectivity index (χ3n) is 3.53. The molecule has 0 radical (unpaired) electrons. The third kappa shape index (κ3) is 15.5. The third-order valence-corrected chi connectivity index (χ3v) is 3.53. The molecule has 20 heavy (non-hydrogen) atoms. The van der Waals surface area contributed by atoms with Crippen LogP contribution in [-0.2, 0) is 14.3 Å². The van der Waals surface area contributed by atoms with Crippen molar-refractivity contribution in [1.29, 1.82) is 0 Å². The van der Waals surface area contributed by atoms with Gasteiger partial charge in [0.05, 0.1) is 6.61 Å². The van der Waals surface area contributed by atoms with Crippen LogP contribution >= 0.6 is 0 Å². The summed E-state index contributed by atoms with van der Waals surface area (Å²) in [6, 6.07) is 0. The van der Waals surface area contributed by atoms with Crippen molar-refractivity contribution in [2.75, 3.05) is 20.3 Å². The lowest BCUT2D eigenvalue weighted by Gasteiger charge is -2.04. The lowest BCUT2D eigenvalue weighted by atomic mass is 10.1. The molecule has 0 unspecified atom stereocenters. The van der Waals surface area contributed by atoms with Crippen LogP contribution < -0.4 is 0 Å². The fourth-order valence-corrected chi connectivity index (χ4v) is 2.24. The lowest BCUT2D eigenvalue weighted by Crippen LogP contribution is -2.09. The van der Waals surface area contributed by atoms with Gasteiger partial charge in [0.15, 0.2) is 0 Å². The van der Waals surface area contributed by atoms with E-state index >= 15 is 0 Å². The molecular weight excluding hydrogens is 252 g/mol. The van der Waals surface area contributed by atoms with E-state index in [-0.39, 0.29) is 5.97 Å². The molecule has 0 aliphatic rings. The Morgan fingerprint density at radius 3 is 1.75 bits per heavy atom. The maximum Gasteiger partial charge on any atom is 0.305 e. The lowest BCUT2D eigenvalue weighted by molar-refractivity contribution is -0.145. The van der Waals surface area contributed by atoms with Crippen LogP contribution in [0.3, 0.4) is 0 Å². The Balaban J connectivity index is 3.07. The fraction of sp³-hybridized carbons (Fsp3) is 0.941. The van der Waals surface area contributed by atoms with Gasteiger partial charge in [-0.3, -0.25) is 4.79 Å². The minimum Gasteiger partial charge on any atom is -0.463 e. The number of carbonyl (C=O) groups is 1. The summed E-state index contributed by atoms with van der Waals surface area (Å²) in [5, 5.41) is 0. The van der Waals surface area contributed by atoms with Crippen molar-refractivity contribution in [3.05, 3.63) is 0 Å². The van der Waals surface area contributed by atoms with Gasteiger partial charge in [-0.2, -0.15) is 0 Å². The monoisotopic (exact) mass is 286 g/mol. The highest BCUT2D eigenvalue weighted by Gasteiger charge is 2.01. The quantitative estimate of drug-likeness (QED) is 0.318. The molecule has 120 valence electrons. The van der Waals surface area contributed by atoms with Crippen LogP contribution in [0, 0.1) is 0 Å². The zero-order valence-electron chi connectivity index (χ0n) is 13.6. The molecule has 0 heterocycles. The minimum atomic E-state index is -0.0852. The van der Waals surface area contributed by atoms with Crippen LogP contribution in [0.4, 0.5) is 0 Å². The summed E-state index contributed by atoms with van der Waals surface area (Å²) in [6.07, 6.45) is 14.9. The van der Waals surface area contributed by atoms with Crippen LogP contribution in [-0.4, -0.2) is 26.3 Å². The fourth-order valence-electron chi connectivity index (χ4n) is 2.24. The van der Waals surface area contributed by atoms with E-state index < -0.39 is 0 Å². The number of carbonyl (C=O) groups excluding carboxylic acids is 1. The normalized spacial score (nSPS) is 10.7. The van der Waals surface area contributed by atoms with Crippen molar-refractivity contribution in [1.82, 2.24) is 0 Å². The van der Waals surface area contributed by atoms with Gasteiger partial charge < -0.3 is 9.47 Å². The SMILES string of the molecule is CCCCCCCCCCCCCC(=O)OCCOC. The van der Waals surface area contributed by atoms with E-state index in [1.165, 1.54) is 57.8 Å². The summed E-state index contributed by atoms with van der Waals surface area (Å²) in [6.45, 7) is 3.13. The predicted octanol–water partition coefficient (Wildman–Crippen LogP) is 4.88. The Bertz CT molecular complexity index is 204. The minimum absolute atomic E-state index is 0.0852. The molecule has 0 amide bonds. The van der Waals surface area contributed by atoms with E-state index in [0.717, 1.165) is 12.8 Å². The molecule has 3 heteroatoms. The van der Waals surface area contributed by atoms with Crippen LogP contribution in [0.25, 0.3) is 0 Å². The Labute approximate surface area is 125 Å². The van der Waals surface area contributed by atoms with E-state index in [9.17, 15) is 4.79 Å². The zero-order valence-corrected chi connectivity index (χ0v) is 13.6. The molecular formula is C17H34O3. The number of methoxy groups -OCH3 is 1. The summed E-state index contributed by atoms with van der Waals surface area (Å²) in [5.41, 5.74) is 0. The van der Waals surface area contributed by atoms with E-state index in [0.29, 0.717) is 19.6 Å². The first-order valence-corrected chi connectivity index (χ1v) is 8.45. The van der Waals surface area contributed by atoms with Crippen LogP contribution in [0.5, 0.6) is 0 Å². The number of ether oxygens (including phenoxy) is 2. The average Bonchev–Trinajstić information content (AvgIpc) is 2.45. The second-order valence-corrected chi connectivity index (χ2v) is 5.50. The van der Waals surface area contributed by atoms with Crippen molar-refractivity contribution in [3.8, 4) is 0 Å². The highest BCUT2D eigenvalue weighted by atomic mass is 16.6. The smallest absolute Gasteiger partial charge is 0.305 e. The van der Waals surface area contributed by atoms with Gasteiger partial charge in [-0.15, -0.1) is 0 Å². The molecule has 0 aromatic heterocycles. The number of hydrogen-bond acceptors (Lipinski definition) is 3. The molecule has 0 aromatic carbocycles. The van der Waals surface area contributed by atoms with Crippen molar-refractivity contribution < 1.29 is 14.3 Å². The molecule has 0 fully saturated rings. The van der Waals surface area contributed by atoms with Crippen molar-refractivity contribution >= 4 is 5.97 Å². The van der Waals surface area contributed by atoms with Gasteiger partial charge in [-0.05, 0) is 6.42 Å². The molecule has 0 aliphatic carbocycles. The predicted molar refractivity (Wildman–Crippen MR) is 83.9 cm³/mol. The molecule has 0 spiro atoms. The Hall–Kier alpha value is -0.570.